The lowest BCUT2D eigenvalue weighted by atomic mass is 9.98. The van der Waals surface area contributed by atoms with Crippen LogP contribution in [0.4, 0.5) is 5.69 Å². The lowest BCUT2D eigenvalue weighted by Crippen LogP contribution is -2.29. The molecule has 1 fully saturated rings. The number of nitrogens with zero attached hydrogens (tertiary/aromatic N) is 1. The number of carbonyl (C=O) groups is 2. The van der Waals surface area contributed by atoms with E-state index in [-0.39, 0.29) is 22.8 Å². The van der Waals surface area contributed by atoms with Crippen molar-refractivity contribution in [2.75, 3.05) is 4.90 Å². The number of aliphatic hydroxyl groups is 1. The van der Waals surface area contributed by atoms with Crippen molar-refractivity contribution in [2.45, 2.75) is 26.3 Å². The van der Waals surface area contributed by atoms with Gasteiger partial charge in [-0.15, -0.1) is 0 Å². The van der Waals surface area contributed by atoms with Crippen molar-refractivity contribution in [3.05, 3.63) is 88.9 Å². The number of aromatic hydroxyl groups is 1. The Kier molecular flexibility index (Phi) is 4.91. The molecule has 2 aromatic carbocycles. The smallest absolute Gasteiger partial charge is 0.300 e. The molecule has 1 saturated heterocycles. The molecule has 0 saturated carbocycles. The first-order valence-electron chi connectivity index (χ1n) is 9.67. The van der Waals surface area contributed by atoms with Gasteiger partial charge < -0.3 is 14.6 Å². The lowest BCUT2D eigenvalue weighted by Gasteiger charge is -2.24. The van der Waals surface area contributed by atoms with Gasteiger partial charge in [0.1, 0.15) is 29.1 Å². The number of amides is 1. The molecular weight excluding hydrogens is 382 g/mol. The zero-order valence-electron chi connectivity index (χ0n) is 16.6. The topological polar surface area (TPSA) is 91.0 Å². The highest BCUT2D eigenvalue weighted by Gasteiger charge is 2.49. The lowest BCUT2D eigenvalue weighted by molar-refractivity contribution is -0.132. The monoisotopic (exact) mass is 403 g/mol. The molecule has 152 valence electrons. The number of rotatable bonds is 4. The van der Waals surface area contributed by atoms with E-state index in [4.69, 9.17) is 4.42 Å². The number of Topliss-reactive ketones (excluding diaryl/α,β-unsaturated/α-hetero) is 1. The van der Waals surface area contributed by atoms with Gasteiger partial charge in [-0.05, 0) is 43.2 Å². The number of aryl methyl sites for hydroxylation is 2. The number of para-hydroxylation sites is 2. The van der Waals surface area contributed by atoms with Crippen molar-refractivity contribution in [3.63, 3.8) is 0 Å². The highest BCUT2D eigenvalue weighted by Crippen LogP contribution is 2.44. The molecule has 2 heterocycles. The van der Waals surface area contributed by atoms with Gasteiger partial charge in [-0.1, -0.05) is 43.3 Å². The first-order valence-corrected chi connectivity index (χ1v) is 9.67. The van der Waals surface area contributed by atoms with Crippen molar-refractivity contribution in [1.29, 1.82) is 0 Å². The van der Waals surface area contributed by atoms with Crippen LogP contribution in [0.3, 0.4) is 0 Å². The summed E-state index contributed by atoms with van der Waals surface area (Å²) in [5.41, 5.74) is 1.59. The SMILES string of the molecule is CCc1ccc(/C(O)=C2/C(=O)C(=O)N(c3ccccc3O)C2c2ccc(C)o2)cc1. The predicted molar refractivity (Wildman–Crippen MR) is 112 cm³/mol. The van der Waals surface area contributed by atoms with E-state index in [1.807, 2.05) is 19.1 Å². The van der Waals surface area contributed by atoms with Crippen molar-refractivity contribution in [2.24, 2.45) is 0 Å². The summed E-state index contributed by atoms with van der Waals surface area (Å²) < 4.78 is 5.74. The molecule has 30 heavy (non-hydrogen) atoms. The molecule has 2 N–H and O–H groups in total. The predicted octanol–water partition coefficient (Wildman–Crippen LogP) is 4.48. The number of hydrogen-bond donors (Lipinski definition) is 2. The van der Waals surface area contributed by atoms with Gasteiger partial charge in [-0.25, -0.2) is 0 Å². The molecule has 0 radical (unpaired) electrons. The van der Waals surface area contributed by atoms with Gasteiger partial charge in [0.15, 0.2) is 0 Å². The second-order valence-corrected chi connectivity index (χ2v) is 7.16. The van der Waals surface area contributed by atoms with Crippen LogP contribution in [0.25, 0.3) is 5.76 Å². The summed E-state index contributed by atoms with van der Waals surface area (Å²) in [6.07, 6.45) is 0.838. The third kappa shape index (κ3) is 3.16. The zero-order valence-corrected chi connectivity index (χ0v) is 16.6. The Balaban J connectivity index is 1.93. The number of phenolic OH excluding ortho intramolecular Hbond substituents is 1. The third-order valence-electron chi connectivity index (χ3n) is 5.25. The van der Waals surface area contributed by atoms with Crippen LogP contribution in [0.1, 0.15) is 35.6 Å². The van der Waals surface area contributed by atoms with Gasteiger partial charge in [-0.3, -0.25) is 14.5 Å². The molecule has 3 aromatic rings. The highest BCUT2D eigenvalue weighted by molar-refractivity contribution is 6.51. The maximum atomic E-state index is 13.0. The molecule has 1 atom stereocenters. The van der Waals surface area contributed by atoms with Crippen LogP contribution in [-0.2, 0) is 16.0 Å². The van der Waals surface area contributed by atoms with E-state index in [2.05, 4.69) is 0 Å². The Morgan fingerprint density at radius 2 is 1.73 bits per heavy atom. The molecule has 1 unspecified atom stereocenters. The van der Waals surface area contributed by atoms with Crippen molar-refractivity contribution in [1.82, 2.24) is 0 Å². The Hall–Kier alpha value is -3.80. The van der Waals surface area contributed by atoms with E-state index in [1.165, 1.54) is 11.0 Å². The minimum absolute atomic E-state index is 0.0816. The number of carbonyl (C=O) groups excluding carboxylic acids is 2. The van der Waals surface area contributed by atoms with Gasteiger partial charge in [0.2, 0.25) is 0 Å². The fourth-order valence-corrected chi connectivity index (χ4v) is 3.67. The van der Waals surface area contributed by atoms with Crippen molar-refractivity contribution >= 4 is 23.1 Å². The average Bonchev–Trinajstić information content (AvgIpc) is 3.29. The van der Waals surface area contributed by atoms with Crippen LogP contribution in [0.15, 0.2) is 70.7 Å². The molecule has 1 aromatic heterocycles. The van der Waals surface area contributed by atoms with Crippen molar-refractivity contribution in [3.8, 4) is 5.75 Å². The molecule has 0 aliphatic carbocycles. The van der Waals surface area contributed by atoms with E-state index in [0.717, 1.165) is 12.0 Å². The number of phenols is 1. The Labute approximate surface area is 173 Å². The summed E-state index contributed by atoms with van der Waals surface area (Å²) in [5, 5.41) is 21.4. The van der Waals surface area contributed by atoms with E-state index in [0.29, 0.717) is 17.1 Å². The Morgan fingerprint density at radius 1 is 1.03 bits per heavy atom. The first-order chi connectivity index (χ1) is 14.4. The Morgan fingerprint density at radius 3 is 2.33 bits per heavy atom. The molecular formula is C24H21NO5. The molecule has 6 heteroatoms. The van der Waals surface area contributed by atoms with Crippen LogP contribution in [0.2, 0.25) is 0 Å². The second-order valence-electron chi connectivity index (χ2n) is 7.16. The maximum absolute atomic E-state index is 13.0. The van der Waals surface area contributed by atoms with Gasteiger partial charge in [-0.2, -0.15) is 0 Å². The van der Waals surface area contributed by atoms with Crippen LogP contribution in [-0.4, -0.2) is 21.9 Å². The van der Waals surface area contributed by atoms with Gasteiger partial charge >= 0.3 is 0 Å². The van der Waals surface area contributed by atoms with Gasteiger partial charge in [0.05, 0.1) is 11.3 Å². The summed E-state index contributed by atoms with van der Waals surface area (Å²) in [6.45, 7) is 3.77. The number of benzene rings is 2. The van der Waals surface area contributed by atoms with E-state index in [1.54, 1.807) is 49.4 Å². The molecule has 6 nitrogen and oxygen atoms in total. The summed E-state index contributed by atoms with van der Waals surface area (Å²) in [5.74, 6) is -1.20. The average molecular weight is 403 g/mol. The van der Waals surface area contributed by atoms with Gasteiger partial charge in [0.25, 0.3) is 11.7 Å². The number of furan rings is 1. The summed E-state index contributed by atoms with van der Waals surface area (Å²) in [6, 6.07) is 15.8. The molecule has 1 aliphatic rings. The number of aliphatic hydroxyl groups excluding tert-OH is 1. The minimum Gasteiger partial charge on any atom is -0.507 e. The largest absolute Gasteiger partial charge is 0.507 e. The molecule has 1 aliphatic heterocycles. The van der Waals surface area contributed by atoms with Crippen LogP contribution in [0.5, 0.6) is 5.75 Å². The quantitative estimate of drug-likeness (QED) is 0.381. The summed E-state index contributed by atoms with van der Waals surface area (Å²) >= 11 is 0. The number of hydrogen-bond acceptors (Lipinski definition) is 5. The Bertz CT molecular complexity index is 1160. The van der Waals surface area contributed by atoms with Gasteiger partial charge in [0, 0.05) is 5.56 Å². The molecule has 0 spiro atoms. The number of anilines is 1. The highest BCUT2D eigenvalue weighted by atomic mass is 16.3. The standard InChI is InChI=1S/C24H21NO5/c1-3-15-9-11-16(12-10-15)22(27)20-21(19-13-8-14(2)30-19)25(24(29)23(20)28)17-6-4-5-7-18(17)26/h4-13,21,26-27H,3H2,1-2H3/b22-20-. The van der Waals surface area contributed by atoms with Crippen LogP contribution in [0, 0.1) is 6.92 Å². The van der Waals surface area contributed by atoms with E-state index in [9.17, 15) is 19.8 Å². The molecule has 1 amide bonds. The summed E-state index contributed by atoms with van der Waals surface area (Å²) in [7, 11) is 0. The van der Waals surface area contributed by atoms with Crippen molar-refractivity contribution < 1.29 is 24.2 Å². The van der Waals surface area contributed by atoms with E-state index < -0.39 is 17.7 Å². The zero-order chi connectivity index (χ0) is 21.4. The second kappa shape index (κ2) is 7.55. The van der Waals surface area contributed by atoms with Crippen LogP contribution < -0.4 is 4.90 Å². The minimum atomic E-state index is -1.00. The molecule has 0 bridgehead atoms. The number of ketones is 1. The third-order valence-corrected chi connectivity index (χ3v) is 5.25. The molecule has 4 rings (SSSR count). The fourth-order valence-electron chi connectivity index (χ4n) is 3.67. The maximum Gasteiger partial charge on any atom is 0.300 e. The van der Waals surface area contributed by atoms with E-state index >= 15 is 0 Å². The fraction of sp³-hybridized carbons (Fsp3) is 0.167. The normalized spacial score (nSPS) is 18.2. The van der Waals surface area contributed by atoms with Crippen LogP contribution >= 0.6 is 0 Å². The summed E-state index contributed by atoms with van der Waals surface area (Å²) in [4.78, 5) is 27.1. The first kappa shape index (κ1) is 19.5.